The van der Waals surface area contributed by atoms with E-state index in [-0.39, 0.29) is 0 Å². The molecule has 0 heterocycles. The van der Waals surface area contributed by atoms with Gasteiger partial charge in [-0.3, -0.25) is 0 Å². The highest BCUT2D eigenvalue weighted by molar-refractivity contribution is 6.42. The molecule has 18 heavy (non-hydrogen) atoms. The Bertz CT molecular complexity index is 371. The number of hydrogen-bond donors (Lipinski definition) is 1. The molecule has 0 radical (unpaired) electrons. The van der Waals surface area contributed by atoms with E-state index in [2.05, 4.69) is 18.7 Å². The monoisotopic (exact) mass is 289 g/mol. The van der Waals surface area contributed by atoms with Crippen LogP contribution in [0, 0.1) is 0 Å². The number of nitrogens with zero attached hydrogens (tertiary/aromatic N) is 1. The molecule has 1 unspecified atom stereocenters. The molecule has 1 rings (SSSR count). The molecule has 1 aromatic rings. The Morgan fingerprint density at radius 1 is 1.22 bits per heavy atom. The van der Waals surface area contributed by atoms with Gasteiger partial charge in [-0.2, -0.15) is 0 Å². The highest BCUT2D eigenvalue weighted by atomic mass is 35.5. The van der Waals surface area contributed by atoms with Gasteiger partial charge in [0.15, 0.2) is 0 Å². The van der Waals surface area contributed by atoms with Gasteiger partial charge in [-0.1, -0.05) is 49.5 Å². The van der Waals surface area contributed by atoms with Gasteiger partial charge in [0.2, 0.25) is 0 Å². The normalized spacial score (nSPS) is 13.0. The van der Waals surface area contributed by atoms with Crippen LogP contribution in [0.3, 0.4) is 0 Å². The van der Waals surface area contributed by atoms with Crippen LogP contribution in [-0.4, -0.2) is 29.6 Å². The molecule has 0 bridgehead atoms. The van der Waals surface area contributed by atoms with E-state index in [9.17, 15) is 5.11 Å². The van der Waals surface area contributed by atoms with Crippen LogP contribution in [-0.2, 0) is 0 Å². The Balaban J connectivity index is 2.62. The molecule has 1 aromatic carbocycles. The maximum Gasteiger partial charge on any atom is 0.0917 e. The van der Waals surface area contributed by atoms with E-state index >= 15 is 0 Å². The summed E-state index contributed by atoms with van der Waals surface area (Å²) in [7, 11) is 0. The van der Waals surface area contributed by atoms with Crippen LogP contribution in [0.2, 0.25) is 10.0 Å². The fraction of sp³-hybridized carbons (Fsp3) is 0.571. The van der Waals surface area contributed by atoms with Gasteiger partial charge in [-0.25, -0.2) is 0 Å². The maximum atomic E-state index is 10.2. The average molecular weight is 290 g/mol. The van der Waals surface area contributed by atoms with Crippen molar-refractivity contribution in [3.05, 3.63) is 33.8 Å². The van der Waals surface area contributed by atoms with Gasteiger partial charge in [0.25, 0.3) is 0 Å². The molecule has 1 atom stereocenters. The molecule has 0 aromatic heterocycles. The van der Waals surface area contributed by atoms with Gasteiger partial charge in [-0.15, -0.1) is 0 Å². The number of hydrogen-bond acceptors (Lipinski definition) is 2. The van der Waals surface area contributed by atoms with E-state index in [4.69, 9.17) is 23.2 Å². The van der Waals surface area contributed by atoms with Gasteiger partial charge < -0.3 is 10.0 Å². The summed E-state index contributed by atoms with van der Waals surface area (Å²) in [6.45, 7) is 6.87. The molecule has 4 heteroatoms. The standard InChI is InChI=1S/C14H21Cl2NO/c1-3-5-8-17(4-2)10-14(18)11-6-7-12(15)13(16)9-11/h6-7,9,14,18H,3-5,8,10H2,1-2H3. The summed E-state index contributed by atoms with van der Waals surface area (Å²) in [5.41, 5.74) is 0.819. The number of halogens is 2. The number of benzene rings is 1. The number of likely N-dealkylation sites (N-methyl/N-ethyl adjacent to an activating group) is 1. The molecule has 2 nitrogen and oxygen atoms in total. The lowest BCUT2D eigenvalue weighted by Gasteiger charge is -2.23. The smallest absolute Gasteiger partial charge is 0.0917 e. The SMILES string of the molecule is CCCCN(CC)CC(O)c1ccc(Cl)c(Cl)c1. The van der Waals surface area contributed by atoms with Crippen LogP contribution in [0.15, 0.2) is 18.2 Å². The maximum absolute atomic E-state index is 10.2. The fourth-order valence-electron chi connectivity index (χ4n) is 1.83. The first-order valence-electron chi connectivity index (χ1n) is 6.43. The second-order valence-electron chi connectivity index (χ2n) is 4.44. The molecular weight excluding hydrogens is 269 g/mol. The molecular formula is C14H21Cl2NO. The average Bonchev–Trinajstić information content (AvgIpc) is 2.37. The third-order valence-electron chi connectivity index (χ3n) is 3.03. The minimum atomic E-state index is -0.517. The van der Waals surface area contributed by atoms with Gasteiger partial charge in [0.1, 0.15) is 0 Å². The Morgan fingerprint density at radius 2 is 1.94 bits per heavy atom. The molecule has 0 saturated heterocycles. The lowest BCUT2D eigenvalue weighted by molar-refractivity contribution is 0.115. The summed E-state index contributed by atoms with van der Waals surface area (Å²) in [6, 6.07) is 5.29. The summed E-state index contributed by atoms with van der Waals surface area (Å²) < 4.78 is 0. The van der Waals surface area contributed by atoms with Crippen LogP contribution in [0.25, 0.3) is 0 Å². The van der Waals surface area contributed by atoms with Crippen molar-refractivity contribution in [2.45, 2.75) is 32.8 Å². The van der Waals surface area contributed by atoms with Crippen molar-refractivity contribution in [3.63, 3.8) is 0 Å². The van der Waals surface area contributed by atoms with E-state index in [0.29, 0.717) is 16.6 Å². The Morgan fingerprint density at radius 3 is 2.50 bits per heavy atom. The van der Waals surface area contributed by atoms with E-state index in [1.165, 1.54) is 6.42 Å². The molecule has 102 valence electrons. The first-order valence-corrected chi connectivity index (χ1v) is 7.19. The molecule has 0 aliphatic carbocycles. The van der Waals surface area contributed by atoms with Crippen molar-refractivity contribution in [2.75, 3.05) is 19.6 Å². The van der Waals surface area contributed by atoms with Crippen molar-refractivity contribution < 1.29 is 5.11 Å². The minimum Gasteiger partial charge on any atom is -0.387 e. The molecule has 0 spiro atoms. The van der Waals surface area contributed by atoms with Gasteiger partial charge >= 0.3 is 0 Å². The summed E-state index contributed by atoms with van der Waals surface area (Å²) in [6.07, 6.45) is 1.80. The van der Waals surface area contributed by atoms with Crippen molar-refractivity contribution in [1.82, 2.24) is 4.90 Å². The van der Waals surface area contributed by atoms with Gasteiger partial charge in [-0.05, 0) is 37.2 Å². The molecule has 0 fully saturated rings. The first kappa shape index (κ1) is 15.8. The Labute approximate surface area is 120 Å². The predicted octanol–water partition coefficient (Wildman–Crippen LogP) is 4.15. The van der Waals surface area contributed by atoms with E-state index < -0.39 is 6.10 Å². The van der Waals surface area contributed by atoms with Crippen LogP contribution in [0.1, 0.15) is 38.4 Å². The van der Waals surface area contributed by atoms with Crippen LogP contribution in [0.5, 0.6) is 0 Å². The molecule has 0 aliphatic rings. The van der Waals surface area contributed by atoms with E-state index in [1.807, 2.05) is 6.07 Å². The van der Waals surface area contributed by atoms with Crippen molar-refractivity contribution >= 4 is 23.2 Å². The summed E-state index contributed by atoms with van der Waals surface area (Å²) in [4.78, 5) is 2.25. The molecule has 0 saturated carbocycles. The fourth-order valence-corrected chi connectivity index (χ4v) is 2.14. The van der Waals surface area contributed by atoms with Crippen molar-refractivity contribution in [1.29, 1.82) is 0 Å². The highest BCUT2D eigenvalue weighted by Crippen LogP contribution is 2.26. The summed E-state index contributed by atoms with van der Waals surface area (Å²) in [5.74, 6) is 0. The van der Waals surface area contributed by atoms with Gasteiger partial charge in [0.05, 0.1) is 16.1 Å². The zero-order valence-electron chi connectivity index (χ0n) is 11.0. The minimum absolute atomic E-state index is 0.491. The Hall–Kier alpha value is -0.280. The molecule has 0 aliphatic heterocycles. The molecule has 0 amide bonds. The van der Waals surface area contributed by atoms with E-state index in [0.717, 1.165) is 25.1 Å². The number of aliphatic hydroxyl groups is 1. The zero-order valence-corrected chi connectivity index (χ0v) is 12.5. The number of aliphatic hydroxyl groups excluding tert-OH is 1. The lowest BCUT2D eigenvalue weighted by Crippen LogP contribution is -2.29. The first-order chi connectivity index (χ1) is 8.58. The van der Waals surface area contributed by atoms with Crippen molar-refractivity contribution in [3.8, 4) is 0 Å². The van der Waals surface area contributed by atoms with E-state index in [1.54, 1.807) is 12.1 Å². The third kappa shape index (κ3) is 4.77. The quantitative estimate of drug-likeness (QED) is 0.815. The van der Waals surface area contributed by atoms with Crippen LogP contribution < -0.4 is 0 Å². The second-order valence-corrected chi connectivity index (χ2v) is 5.25. The lowest BCUT2D eigenvalue weighted by atomic mass is 10.1. The zero-order chi connectivity index (χ0) is 13.5. The molecule has 1 N–H and O–H groups in total. The summed E-state index contributed by atoms with van der Waals surface area (Å²) >= 11 is 11.8. The van der Waals surface area contributed by atoms with Crippen LogP contribution >= 0.6 is 23.2 Å². The largest absolute Gasteiger partial charge is 0.387 e. The topological polar surface area (TPSA) is 23.5 Å². The number of rotatable bonds is 7. The van der Waals surface area contributed by atoms with Gasteiger partial charge in [0, 0.05) is 6.54 Å². The predicted molar refractivity (Wildman–Crippen MR) is 78.4 cm³/mol. The van der Waals surface area contributed by atoms with Crippen LogP contribution in [0.4, 0.5) is 0 Å². The summed E-state index contributed by atoms with van der Waals surface area (Å²) in [5, 5.41) is 11.2. The third-order valence-corrected chi connectivity index (χ3v) is 3.77. The highest BCUT2D eigenvalue weighted by Gasteiger charge is 2.13. The number of unbranched alkanes of at least 4 members (excludes halogenated alkanes) is 1. The Kier molecular flexibility index (Phi) is 7.02. The van der Waals surface area contributed by atoms with Crippen molar-refractivity contribution in [2.24, 2.45) is 0 Å². The second kappa shape index (κ2) is 8.00.